The van der Waals surface area contributed by atoms with Crippen LogP contribution in [0.3, 0.4) is 0 Å². The van der Waals surface area contributed by atoms with Crippen LogP contribution in [0.2, 0.25) is 0 Å². The molecule has 0 bridgehead atoms. The van der Waals surface area contributed by atoms with Crippen molar-refractivity contribution in [1.82, 2.24) is 19.0 Å². The predicted molar refractivity (Wildman–Crippen MR) is 88.2 cm³/mol. The Labute approximate surface area is 138 Å². The number of piperidine rings is 1. The summed E-state index contributed by atoms with van der Waals surface area (Å²) in [7, 11) is 0. The number of hydrogen-bond donors (Lipinski definition) is 1. The zero-order chi connectivity index (χ0) is 17.3. The summed E-state index contributed by atoms with van der Waals surface area (Å²) in [6.07, 6.45) is 2.79. The molecule has 3 heterocycles. The summed E-state index contributed by atoms with van der Waals surface area (Å²) in [5.41, 5.74) is 6.33. The van der Waals surface area contributed by atoms with Gasteiger partial charge in [0.1, 0.15) is 6.54 Å². The van der Waals surface area contributed by atoms with Crippen molar-refractivity contribution < 1.29 is 9.59 Å². The highest BCUT2D eigenvalue weighted by Crippen LogP contribution is 2.17. The third kappa shape index (κ3) is 2.79. The highest BCUT2D eigenvalue weighted by atomic mass is 16.2. The summed E-state index contributed by atoms with van der Waals surface area (Å²) in [5, 5.41) is 0. The smallest absolute Gasteiger partial charge is 0.330 e. The molecule has 0 saturated carbocycles. The van der Waals surface area contributed by atoms with E-state index in [1.54, 1.807) is 27.8 Å². The van der Waals surface area contributed by atoms with Crippen LogP contribution in [0, 0.1) is 5.92 Å². The number of aromatic nitrogens is 3. The van der Waals surface area contributed by atoms with Crippen molar-refractivity contribution in [2.24, 2.45) is 11.7 Å². The Bertz CT molecular complexity index is 830. The maximum Gasteiger partial charge on any atom is 0.330 e. The average molecular weight is 331 g/mol. The van der Waals surface area contributed by atoms with Crippen LogP contribution >= 0.6 is 0 Å². The van der Waals surface area contributed by atoms with Gasteiger partial charge < -0.3 is 10.6 Å². The van der Waals surface area contributed by atoms with Crippen LogP contribution in [-0.2, 0) is 22.7 Å². The molecule has 8 nitrogen and oxygen atoms in total. The van der Waals surface area contributed by atoms with E-state index in [4.69, 9.17) is 5.73 Å². The molecule has 1 saturated heterocycles. The first-order chi connectivity index (χ1) is 11.5. The van der Waals surface area contributed by atoms with Gasteiger partial charge in [-0.05, 0) is 31.9 Å². The summed E-state index contributed by atoms with van der Waals surface area (Å²) >= 11 is 0. The molecule has 0 aromatic carbocycles. The molecule has 3 rings (SSSR count). The zero-order valence-corrected chi connectivity index (χ0v) is 13.6. The molecular weight excluding hydrogens is 310 g/mol. The van der Waals surface area contributed by atoms with E-state index in [-0.39, 0.29) is 30.0 Å². The Balaban J connectivity index is 1.81. The lowest BCUT2D eigenvalue weighted by molar-refractivity contribution is -0.135. The van der Waals surface area contributed by atoms with Gasteiger partial charge in [0, 0.05) is 31.7 Å². The second-order valence-electron chi connectivity index (χ2n) is 6.02. The topological polar surface area (TPSA) is 103 Å². The van der Waals surface area contributed by atoms with E-state index in [2.05, 4.69) is 4.98 Å². The van der Waals surface area contributed by atoms with Crippen LogP contribution in [0.4, 0.5) is 0 Å². The highest BCUT2D eigenvalue weighted by Gasteiger charge is 2.26. The van der Waals surface area contributed by atoms with Crippen LogP contribution in [0.1, 0.15) is 19.8 Å². The first kappa shape index (κ1) is 16.2. The van der Waals surface area contributed by atoms with Gasteiger partial charge in [0.15, 0.2) is 5.65 Å². The molecule has 2 aromatic heterocycles. The minimum absolute atomic E-state index is 0.0186. The molecule has 24 heavy (non-hydrogen) atoms. The Morgan fingerprint density at radius 1 is 1.29 bits per heavy atom. The van der Waals surface area contributed by atoms with Gasteiger partial charge >= 0.3 is 5.69 Å². The molecule has 0 spiro atoms. The molecule has 0 radical (unpaired) electrons. The quantitative estimate of drug-likeness (QED) is 0.847. The van der Waals surface area contributed by atoms with Crippen molar-refractivity contribution in [3.05, 3.63) is 28.8 Å². The molecule has 1 aliphatic rings. The summed E-state index contributed by atoms with van der Waals surface area (Å²) in [4.78, 5) is 42.2. The monoisotopic (exact) mass is 331 g/mol. The van der Waals surface area contributed by atoms with E-state index < -0.39 is 0 Å². The average Bonchev–Trinajstić information content (AvgIpc) is 2.86. The van der Waals surface area contributed by atoms with Crippen LogP contribution in [0.25, 0.3) is 11.2 Å². The fourth-order valence-electron chi connectivity index (χ4n) is 3.23. The van der Waals surface area contributed by atoms with Gasteiger partial charge in [-0.25, -0.2) is 9.78 Å². The molecule has 1 aliphatic heterocycles. The maximum absolute atomic E-state index is 12.6. The van der Waals surface area contributed by atoms with Gasteiger partial charge in [-0.1, -0.05) is 0 Å². The summed E-state index contributed by atoms with van der Waals surface area (Å²) in [6.45, 7) is 3.33. The fraction of sp³-hybridized carbons (Fsp3) is 0.500. The number of fused-ring (bicyclic) bond motifs is 1. The molecule has 0 atom stereocenters. The van der Waals surface area contributed by atoms with Crippen LogP contribution < -0.4 is 11.4 Å². The van der Waals surface area contributed by atoms with Crippen molar-refractivity contribution >= 4 is 23.0 Å². The number of carbonyl (C=O) groups is 2. The molecule has 0 unspecified atom stereocenters. The SMILES string of the molecule is CCn1c(=O)n(CC(=O)N2CCC(C(N)=O)CC2)c2cccnc21. The lowest BCUT2D eigenvalue weighted by atomic mass is 9.96. The van der Waals surface area contributed by atoms with E-state index in [0.717, 1.165) is 0 Å². The normalized spacial score (nSPS) is 15.8. The van der Waals surface area contributed by atoms with E-state index in [0.29, 0.717) is 43.6 Å². The first-order valence-electron chi connectivity index (χ1n) is 8.14. The number of pyridine rings is 1. The Morgan fingerprint density at radius 2 is 2.00 bits per heavy atom. The Kier molecular flexibility index (Phi) is 4.37. The van der Waals surface area contributed by atoms with Crippen molar-refractivity contribution in [3.63, 3.8) is 0 Å². The van der Waals surface area contributed by atoms with E-state index in [9.17, 15) is 14.4 Å². The van der Waals surface area contributed by atoms with Gasteiger partial charge in [0.25, 0.3) is 0 Å². The summed E-state index contributed by atoms with van der Waals surface area (Å²) < 4.78 is 3.02. The molecular formula is C16H21N5O3. The van der Waals surface area contributed by atoms with Crippen molar-refractivity contribution in [1.29, 1.82) is 0 Å². The number of nitrogens with zero attached hydrogens (tertiary/aromatic N) is 4. The molecule has 0 aliphatic carbocycles. The first-order valence-corrected chi connectivity index (χ1v) is 8.14. The van der Waals surface area contributed by atoms with Crippen LogP contribution in [-0.4, -0.2) is 43.9 Å². The minimum Gasteiger partial charge on any atom is -0.369 e. The van der Waals surface area contributed by atoms with Gasteiger partial charge in [0.2, 0.25) is 11.8 Å². The van der Waals surface area contributed by atoms with Crippen molar-refractivity contribution in [2.45, 2.75) is 32.9 Å². The van der Waals surface area contributed by atoms with Gasteiger partial charge in [-0.3, -0.25) is 18.7 Å². The van der Waals surface area contributed by atoms with Crippen LogP contribution in [0.15, 0.2) is 23.1 Å². The molecule has 128 valence electrons. The second-order valence-corrected chi connectivity index (χ2v) is 6.02. The standard InChI is InChI=1S/C16H21N5O3/c1-2-20-15-12(4-3-7-18-15)21(16(20)24)10-13(22)19-8-5-11(6-9-19)14(17)23/h3-4,7,11H,2,5-6,8-10H2,1H3,(H2,17,23). The second kappa shape index (κ2) is 6.46. The largest absolute Gasteiger partial charge is 0.369 e. The molecule has 2 aromatic rings. The van der Waals surface area contributed by atoms with Gasteiger partial charge in [0.05, 0.1) is 5.52 Å². The number of aryl methyl sites for hydroxylation is 1. The predicted octanol–water partition coefficient (Wildman–Crippen LogP) is -0.0582. The Morgan fingerprint density at radius 3 is 2.62 bits per heavy atom. The van der Waals surface area contributed by atoms with Gasteiger partial charge in [-0.2, -0.15) is 0 Å². The van der Waals surface area contributed by atoms with E-state index in [1.165, 1.54) is 4.57 Å². The fourth-order valence-corrected chi connectivity index (χ4v) is 3.23. The number of amides is 2. The van der Waals surface area contributed by atoms with Gasteiger partial charge in [-0.15, -0.1) is 0 Å². The number of nitrogens with two attached hydrogens (primary N) is 1. The minimum atomic E-state index is -0.310. The number of imidazole rings is 1. The summed E-state index contributed by atoms with van der Waals surface area (Å²) in [5.74, 6) is -0.600. The lowest BCUT2D eigenvalue weighted by Gasteiger charge is -2.30. The third-order valence-corrected chi connectivity index (χ3v) is 4.63. The molecule has 2 amide bonds. The van der Waals surface area contributed by atoms with E-state index in [1.807, 2.05) is 6.92 Å². The third-order valence-electron chi connectivity index (χ3n) is 4.63. The number of primary amides is 1. The Hall–Kier alpha value is -2.64. The number of rotatable bonds is 4. The zero-order valence-electron chi connectivity index (χ0n) is 13.6. The molecule has 8 heteroatoms. The lowest BCUT2D eigenvalue weighted by Crippen LogP contribution is -2.43. The highest BCUT2D eigenvalue weighted by molar-refractivity contribution is 5.80. The van der Waals surface area contributed by atoms with E-state index >= 15 is 0 Å². The number of likely N-dealkylation sites (tertiary alicyclic amines) is 1. The summed E-state index contributed by atoms with van der Waals surface area (Å²) in [6, 6.07) is 3.55. The molecule has 1 fully saturated rings. The van der Waals surface area contributed by atoms with Crippen molar-refractivity contribution in [3.8, 4) is 0 Å². The van der Waals surface area contributed by atoms with Crippen molar-refractivity contribution in [2.75, 3.05) is 13.1 Å². The number of hydrogen-bond acceptors (Lipinski definition) is 4. The van der Waals surface area contributed by atoms with Crippen LogP contribution in [0.5, 0.6) is 0 Å². The molecule has 2 N–H and O–H groups in total. The maximum atomic E-state index is 12.6. The number of carbonyl (C=O) groups excluding carboxylic acids is 2.